The lowest BCUT2D eigenvalue weighted by Crippen LogP contribution is -2.28. The first-order valence-corrected chi connectivity index (χ1v) is 6.11. The predicted octanol–water partition coefficient (Wildman–Crippen LogP) is 2.98. The quantitative estimate of drug-likeness (QED) is 0.740. The largest absolute Gasteiger partial charge is 0.393 e. The van der Waals surface area contributed by atoms with Crippen LogP contribution in [0.3, 0.4) is 0 Å². The van der Waals surface area contributed by atoms with E-state index in [2.05, 4.69) is 20.4 Å². The first-order chi connectivity index (χ1) is 7.68. The highest BCUT2D eigenvalue weighted by atomic mass is 16.3. The van der Waals surface area contributed by atoms with Crippen molar-refractivity contribution in [1.29, 1.82) is 0 Å². The molecule has 2 atom stereocenters. The molecule has 17 heavy (non-hydrogen) atoms. The van der Waals surface area contributed by atoms with E-state index in [0.717, 1.165) is 12.8 Å². The fourth-order valence-corrected chi connectivity index (χ4v) is 2.50. The summed E-state index contributed by atoms with van der Waals surface area (Å²) in [6.45, 7) is 11.6. The number of aliphatic hydroxyl groups is 2. The molecule has 0 aromatic carbocycles. The van der Waals surface area contributed by atoms with Crippen molar-refractivity contribution < 1.29 is 10.2 Å². The Hall–Kier alpha value is -0.860. The zero-order valence-electron chi connectivity index (χ0n) is 11.3. The Labute approximate surface area is 104 Å². The van der Waals surface area contributed by atoms with Gasteiger partial charge in [-0.3, -0.25) is 0 Å². The van der Waals surface area contributed by atoms with Crippen LogP contribution in [0.2, 0.25) is 0 Å². The molecular weight excluding hydrogens is 212 g/mol. The number of hydrogen-bond donors (Lipinski definition) is 2. The lowest BCUT2D eigenvalue weighted by Gasteiger charge is -2.36. The van der Waals surface area contributed by atoms with Crippen LogP contribution in [0.25, 0.3) is 0 Å². The van der Waals surface area contributed by atoms with Gasteiger partial charge in [-0.2, -0.15) is 0 Å². The van der Waals surface area contributed by atoms with Crippen LogP contribution in [0.5, 0.6) is 0 Å². The Bertz CT molecular complexity index is 359. The highest BCUT2D eigenvalue weighted by molar-refractivity contribution is 5.35. The third-order valence-electron chi connectivity index (χ3n) is 3.48. The summed E-state index contributed by atoms with van der Waals surface area (Å²) in [6.07, 6.45) is 6.49. The summed E-state index contributed by atoms with van der Waals surface area (Å²) in [5.41, 5.74) is 1.39. The monoisotopic (exact) mass is 236 g/mol. The van der Waals surface area contributed by atoms with Gasteiger partial charge in [0, 0.05) is 0 Å². The van der Waals surface area contributed by atoms with Gasteiger partial charge in [0.25, 0.3) is 0 Å². The normalized spacial score (nSPS) is 28.2. The van der Waals surface area contributed by atoms with E-state index in [1.165, 1.54) is 17.2 Å². The summed E-state index contributed by atoms with van der Waals surface area (Å²) >= 11 is 0. The molecule has 0 aromatic heterocycles. The molecule has 1 aliphatic rings. The van der Waals surface area contributed by atoms with Crippen molar-refractivity contribution in [3.05, 3.63) is 36.0 Å². The zero-order valence-corrected chi connectivity index (χ0v) is 11.3. The van der Waals surface area contributed by atoms with Crippen molar-refractivity contribution in [2.75, 3.05) is 0 Å². The van der Waals surface area contributed by atoms with Crippen LogP contribution in [0.15, 0.2) is 36.0 Å². The van der Waals surface area contributed by atoms with Crippen LogP contribution < -0.4 is 0 Å². The molecule has 0 spiro atoms. The molecule has 0 saturated heterocycles. The van der Waals surface area contributed by atoms with Crippen LogP contribution in [0.4, 0.5) is 0 Å². The summed E-state index contributed by atoms with van der Waals surface area (Å²) in [5.74, 6) is 0. The lowest BCUT2D eigenvalue weighted by atomic mass is 9.71. The summed E-state index contributed by atoms with van der Waals surface area (Å²) in [4.78, 5) is 0. The fraction of sp³-hybridized carbons (Fsp3) is 0.600. The molecular formula is C15H24O2. The SMILES string of the molecule is C=C[C@@](C)(O)C=CC1=C(C)CC(O)CC1(C)C. The molecule has 96 valence electrons. The van der Waals surface area contributed by atoms with Gasteiger partial charge in [0.1, 0.15) is 0 Å². The van der Waals surface area contributed by atoms with Crippen LogP contribution in [-0.2, 0) is 0 Å². The molecule has 1 aliphatic carbocycles. The van der Waals surface area contributed by atoms with Gasteiger partial charge in [-0.15, -0.1) is 0 Å². The van der Waals surface area contributed by atoms with E-state index in [1.54, 1.807) is 13.0 Å². The molecule has 0 aliphatic heterocycles. The van der Waals surface area contributed by atoms with E-state index in [9.17, 15) is 10.2 Å². The van der Waals surface area contributed by atoms with E-state index in [4.69, 9.17) is 0 Å². The molecule has 1 rings (SSSR count). The third kappa shape index (κ3) is 3.55. The molecule has 0 radical (unpaired) electrons. The second-order valence-electron chi connectivity index (χ2n) is 5.90. The Kier molecular flexibility index (Phi) is 4.00. The molecule has 1 unspecified atom stereocenters. The number of allylic oxidation sites excluding steroid dienone is 2. The minimum atomic E-state index is -0.973. The fourth-order valence-electron chi connectivity index (χ4n) is 2.50. The number of hydrogen-bond acceptors (Lipinski definition) is 2. The smallest absolute Gasteiger partial charge is 0.0981 e. The van der Waals surface area contributed by atoms with Crippen LogP contribution in [0, 0.1) is 5.41 Å². The van der Waals surface area contributed by atoms with Gasteiger partial charge in [0.2, 0.25) is 0 Å². The van der Waals surface area contributed by atoms with Crippen LogP contribution >= 0.6 is 0 Å². The Balaban J connectivity index is 3.03. The topological polar surface area (TPSA) is 40.5 Å². The van der Waals surface area contributed by atoms with Gasteiger partial charge in [-0.25, -0.2) is 0 Å². The van der Waals surface area contributed by atoms with Crippen LogP contribution in [0.1, 0.15) is 40.5 Å². The second-order valence-corrected chi connectivity index (χ2v) is 5.90. The summed E-state index contributed by atoms with van der Waals surface area (Å²) in [5, 5.41) is 19.7. The molecule has 2 nitrogen and oxygen atoms in total. The van der Waals surface area contributed by atoms with Gasteiger partial charge < -0.3 is 10.2 Å². The summed E-state index contributed by atoms with van der Waals surface area (Å²) < 4.78 is 0. The average Bonchev–Trinajstić information content (AvgIpc) is 2.14. The first-order valence-electron chi connectivity index (χ1n) is 6.11. The van der Waals surface area contributed by atoms with E-state index >= 15 is 0 Å². The van der Waals surface area contributed by atoms with Gasteiger partial charge >= 0.3 is 0 Å². The molecule has 0 bridgehead atoms. The van der Waals surface area contributed by atoms with Crippen LogP contribution in [-0.4, -0.2) is 21.9 Å². The maximum absolute atomic E-state index is 9.89. The molecule has 0 fully saturated rings. The van der Waals surface area contributed by atoms with Crippen molar-refractivity contribution >= 4 is 0 Å². The van der Waals surface area contributed by atoms with E-state index in [0.29, 0.717) is 0 Å². The van der Waals surface area contributed by atoms with Gasteiger partial charge in [0.05, 0.1) is 11.7 Å². The first kappa shape index (κ1) is 14.2. The molecule has 0 heterocycles. The summed E-state index contributed by atoms with van der Waals surface area (Å²) in [6, 6.07) is 0. The Morgan fingerprint density at radius 3 is 2.53 bits per heavy atom. The highest BCUT2D eigenvalue weighted by Crippen LogP contribution is 2.41. The Morgan fingerprint density at radius 2 is 2.06 bits per heavy atom. The third-order valence-corrected chi connectivity index (χ3v) is 3.48. The predicted molar refractivity (Wildman–Crippen MR) is 71.7 cm³/mol. The minimum Gasteiger partial charge on any atom is -0.393 e. The van der Waals surface area contributed by atoms with E-state index in [-0.39, 0.29) is 11.5 Å². The molecule has 0 amide bonds. The van der Waals surface area contributed by atoms with Gasteiger partial charge in [-0.05, 0) is 43.8 Å². The molecule has 0 saturated carbocycles. The number of rotatable bonds is 3. The van der Waals surface area contributed by atoms with Gasteiger partial charge in [0.15, 0.2) is 0 Å². The van der Waals surface area contributed by atoms with Crippen molar-refractivity contribution in [2.45, 2.75) is 52.2 Å². The van der Waals surface area contributed by atoms with E-state index < -0.39 is 5.60 Å². The van der Waals surface area contributed by atoms with Crippen molar-refractivity contribution in [3.8, 4) is 0 Å². The maximum atomic E-state index is 9.89. The van der Waals surface area contributed by atoms with E-state index in [1.807, 2.05) is 13.0 Å². The van der Waals surface area contributed by atoms with Crippen molar-refractivity contribution in [3.63, 3.8) is 0 Å². The van der Waals surface area contributed by atoms with Gasteiger partial charge in [-0.1, -0.05) is 38.2 Å². The molecule has 2 N–H and O–H groups in total. The Morgan fingerprint density at radius 1 is 1.47 bits per heavy atom. The maximum Gasteiger partial charge on any atom is 0.0981 e. The lowest BCUT2D eigenvalue weighted by molar-refractivity contribution is 0.116. The second kappa shape index (κ2) is 4.79. The van der Waals surface area contributed by atoms with Crippen molar-refractivity contribution in [2.24, 2.45) is 5.41 Å². The minimum absolute atomic E-state index is 0.0461. The zero-order chi connectivity index (χ0) is 13.3. The standard InChI is InChI=1S/C15H24O2/c1-6-15(5,17)8-7-13-11(2)9-12(16)10-14(13,3)4/h6-8,12,16-17H,1,9-10H2,2-5H3/t12?,15-/m1/s1. The average molecular weight is 236 g/mol. The molecule has 2 heteroatoms. The summed E-state index contributed by atoms with van der Waals surface area (Å²) in [7, 11) is 0. The number of aliphatic hydroxyl groups excluding tert-OH is 1. The van der Waals surface area contributed by atoms with Crippen molar-refractivity contribution in [1.82, 2.24) is 0 Å². The molecule has 0 aromatic rings. The highest BCUT2D eigenvalue weighted by Gasteiger charge is 2.31.